The summed E-state index contributed by atoms with van der Waals surface area (Å²) in [5.41, 5.74) is 0.595. The number of amides is 2. The van der Waals surface area contributed by atoms with Crippen LogP contribution in [0.1, 0.15) is 29.6 Å². The van der Waals surface area contributed by atoms with Crippen LogP contribution in [0.2, 0.25) is 0 Å². The quantitative estimate of drug-likeness (QED) is 0.807. The number of fused-ring (bicyclic) bond motifs is 1. The van der Waals surface area contributed by atoms with Crippen molar-refractivity contribution in [2.75, 3.05) is 45.9 Å². The minimum absolute atomic E-state index is 0.0173. The van der Waals surface area contributed by atoms with E-state index in [1.807, 2.05) is 9.80 Å². The fourth-order valence-electron chi connectivity index (χ4n) is 4.32. The summed E-state index contributed by atoms with van der Waals surface area (Å²) in [6.45, 7) is 5.74. The molecule has 3 aliphatic heterocycles. The third-order valence-electron chi connectivity index (χ3n) is 5.67. The van der Waals surface area contributed by atoms with E-state index in [4.69, 9.17) is 9.15 Å². The average Bonchev–Trinajstić information content (AvgIpc) is 3.31. The lowest BCUT2D eigenvalue weighted by atomic mass is 9.96. The van der Waals surface area contributed by atoms with Gasteiger partial charge < -0.3 is 19.0 Å². The first-order chi connectivity index (χ1) is 12.2. The van der Waals surface area contributed by atoms with E-state index in [2.05, 4.69) is 4.90 Å². The zero-order chi connectivity index (χ0) is 17.2. The number of rotatable bonds is 4. The van der Waals surface area contributed by atoms with Crippen molar-refractivity contribution >= 4 is 11.8 Å². The van der Waals surface area contributed by atoms with Crippen LogP contribution >= 0.6 is 0 Å². The molecule has 7 nitrogen and oxygen atoms in total. The van der Waals surface area contributed by atoms with Gasteiger partial charge >= 0.3 is 0 Å². The maximum atomic E-state index is 12.7. The van der Waals surface area contributed by atoms with Crippen LogP contribution in [0.5, 0.6) is 0 Å². The van der Waals surface area contributed by atoms with Gasteiger partial charge in [0.15, 0.2) is 0 Å². The summed E-state index contributed by atoms with van der Waals surface area (Å²) < 4.78 is 10.4. The summed E-state index contributed by atoms with van der Waals surface area (Å²) in [5, 5.41) is 0. The molecule has 3 fully saturated rings. The maximum absolute atomic E-state index is 12.7. The van der Waals surface area contributed by atoms with Gasteiger partial charge in [-0.3, -0.25) is 14.5 Å². The smallest absolute Gasteiger partial charge is 0.257 e. The molecule has 3 aliphatic rings. The van der Waals surface area contributed by atoms with Gasteiger partial charge in [-0.1, -0.05) is 0 Å². The van der Waals surface area contributed by atoms with Gasteiger partial charge in [0.25, 0.3) is 5.91 Å². The van der Waals surface area contributed by atoms with Crippen molar-refractivity contribution in [2.24, 2.45) is 0 Å². The van der Waals surface area contributed by atoms with Crippen LogP contribution in [0, 0.1) is 0 Å². The van der Waals surface area contributed by atoms with Crippen LogP contribution in [-0.2, 0) is 9.53 Å². The van der Waals surface area contributed by atoms with Gasteiger partial charge in [-0.25, -0.2) is 0 Å². The molecule has 2 amide bonds. The first kappa shape index (κ1) is 16.6. The lowest BCUT2D eigenvalue weighted by Gasteiger charge is -2.40. The molecule has 0 saturated carbocycles. The standard InChI is InChI=1S/C18H25N3O4/c22-17-2-1-15-16(20(17)7-6-19-8-11-24-12-9-19)3-5-21(15)18(23)14-4-10-25-13-14/h4,10,13,15-16H,1-3,5-9,11-12H2/t15-,16-/m1/s1. The largest absolute Gasteiger partial charge is 0.472 e. The number of furan rings is 1. The van der Waals surface area contributed by atoms with Gasteiger partial charge in [0.05, 0.1) is 37.1 Å². The molecule has 25 heavy (non-hydrogen) atoms. The Morgan fingerprint density at radius 3 is 2.72 bits per heavy atom. The highest BCUT2D eigenvalue weighted by Gasteiger charge is 2.44. The van der Waals surface area contributed by atoms with Crippen molar-refractivity contribution in [3.05, 3.63) is 24.2 Å². The van der Waals surface area contributed by atoms with Crippen molar-refractivity contribution in [3.63, 3.8) is 0 Å². The highest BCUT2D eigenvalue weighted by molar-refractivity contribution is 5.94. The van der Waals surface area contributed by atoms with E-state index >= 15 is 0 Å². The number of ether oxygens (including phenoxy) is 1. The minimum atomic E-state index is 0.0173. The Labute approximate surface area is 147 Å². The molecule has 1 aromatic heterocycles. The Kier molecular flexibility index (Phi) is 4.76. The van der Waals surface area contributed by atoms with Gasteiger partial charge in [0, 0.05) is 39.1 Å². The predicted molar refractivity (Wildman–Crippen MR) is 90.1 cm³/mol. The highest BCUT2D eigenvalue weighted by Crippen LogP contribution is 2.32. The minimum Gasteiger partial charge on any atom is -0.472 e. The van der Waals surface area contributed by atoms with Crippen molar-refractivity contribution in [2.45, 2.75) is 31.3 Å². The molecule has 0 aliphatic carbocycles. The topological polar surface area (TPSA) is 66.2 Å². The average molecular weight is 347 g/mol. The van der Waals surface area contributed by atoms with Gasteiger partial charge in [0.1, 0.15) is 6.26 Å². The van der Waals surface area contributed by atoms with Crippen LogP contribution in [0.15, 0.2) is 23.0 Å². The fourth-order valence-corrected chi connectivity index (χ4v) is 4.32. The van der Waals surface area contributed by atoms with Gasteiger partial charge in [-0.15, -0.1) is 0 Å². The van der Waals surface area contributed by atoms with E-state index < -0.39 is 0 Å². The molecule has 1 aromatic rings. The third-order valence-corrected chi connectivity index (χ3v) is 5.67. The zero-order valence-electron chi connectivity index (χ0n) is 14.4. The number of hydrogen-bond acceptors (Lipinski definition) is 5. The second-order valence-electron chi connectivity index (χ2n) is 7.01. The lowest BCUT2D eigenvalue weighted by Crippen LogP contribution is -2.55. The summed E-state index contributed by atoms with van der Waals surface area (Å²) >= 11 is 0. The first-order valence-electron chi connectivity index (χ1n) is 9.17. The summed E-state index contributed by atoms with van der Waals surface area (Å²) in [6, 6.07) is 1.99. The van der Waals surface area contributed by atoms with E-state index in [-0.39, 0.29) is 23.9 Å². The summed E-state index contributed by atoms with van der Waals surface area (Å²) in [5.74, 6) is 0.246. The number of likely N-dealkylation sites (tertiary alicyclic amines) is 2. The number of hydrogen-bond donors (Lipinski definition) is 0. The van der Waals surface area contributed by atoms with E-state index in [0.717, 1.165) is 52.2 Å². The first-order valence-corrected chi connectivity index (χ1v) is 9.17. The molecule has 0 unspecified atom stereocenters. The second kappa shape index (κ2) is 7.17. The van der Waals surface area contributed by atoms with Gasteiger partial charge in [0.2, 0.25) is 5.91 Å². The third kappa shape index (κ3) is 3.30. The van der Waals surface area contributed by atoms with Crippen molar-refractivity contribution in [3.8, 4) is 0 Å². The van der Waals surface area contributed by atoms with Crippen LogP contribution in [-0.4, -0.2) is 84.5 Å². The van der Waals surface area contributed by atoms with E-state index in [1.165, 1.54) is 12.5 Å². The summed E-state index contributed by atoms with van der Waals surface area (Å²) in [7, 11) is 0. The maximum Gasteiger partial charge on any atom is 0.257 e. The molecular formula is C18H25N3O4. The SMILES string of the molecule is O=C1CC[C@@H]2[C@@H](CCN2C(=O)c2ccoc2)N1CCN1CCOCC1. The van der Waals surface area contributed by atoms with Crippen LogP contribution in [0.25, 0.3) is 0 Å². The van der Waals surface area contributed by atoms with Crippen molar-refractivity contribution in [1.82, 2.24) is 14.7 Å². The van der Waals surface area contributed by atoms with Crippen LogP contribution in [0.4, 0.5) is 0 Å². The van der Waals surface area contributed by atoms with E-state index in [0.29, 0.717) is 18.5 Å². The molecule has 7 heteroatoms. The predicted octanol–water partition coefficient (Wildman–Crippen LogP) is 0.817. The van der Waals surface area contributed by atoms with E-state index in [9.17, 15) is 9.59 Å². The van der Waals surface area contributed by atoms with Gasteiger partial charge in [-0.05, 0) is 18.9 Å². The van der Waals surface area contributed by atoms with Crippen LogP contribution < -0.4 is 0 Å². The zero-order valence-corrected chi connectivity index (χ0v) is 14.4. The fraction of sp³-hybridized carbons (Fsp3) is 0.667. The second-order valence-corrected chi connectivity index (χ2v) is 7.01. The lowest BCUT2D eigenvalue weighted by molar-refractivity contribution is -0.137. The van der Waals surface area contributed by atoms with Crippen molar-refractivity contribution < 1.29 is 18.7 Å². The number of morpholine rings is 1. The molecule has 4 heterocycles. The Morgan fingerprint density at radius 1 is 1.12 bits per heavy atom. The molecule has 136 valence electrons. The molecule has 0 N–H and O–H groups in total. The number of piperidine rings is 1. The number of carbonyl (C=O) groups is 2. The Balaban J connectivity index is 1.41. The Hall–Kier alpha value is -1.86. The molecule has 2 atom stereocenters. The molecule has 0 radical (unpaired) electrons. The summed E-state index contributed by atoms with van der Waals surface area (Å²) in [6.07, 6.45) is 5.18. The Morgan fingerprint density at radius 2 is 1.96 bits per heavy atom. The molecule has 3 saturated heterocycles. The molecule has 4 rings (SSSR count). The van der Waals surface area contributed by atoms with E-state index in [1.54, 1.807) is 6.07 Å². The molecular weight excluding hydrogens is 322 g/mol. The van der Waals surface area contributed by atoms with Crippen LogP contribution in [0.3, 0.4) is 0 Å². The molecule has 0 bridgehead atoms. The Bertz CT molecular complexity index is 612. The monoisotopic (exact) mass is 347 g/mol. The summed E-state index contributed by atoms with van der Waals surface area (Å²) in [4.78, 5) is 31.5. The number of nitrogens with zero attached hydrogens (tertiary/aromatic N) is 3. The number of carbonyl (C=O) groups excluding carboxylic acids is 2. The highest BCUT2D eigenvalue weighted by atomic mass is 16.5. The van der Waals surface area contributed by atoms with Gasteiger partial charge in [-0.2, -0.15) is 0 Å². The van der Waals surface area contributed by atoms with Crippen molar-refractivity contribution in [1.29, 1.82) is 0 Å². The molecule has 0 aromatic carbocycles. The molecule has 0 spiro atoms. The normalized spacial score (nSPS) is 27.6.